The first-order valence-electron chi connectivity index (χ1n) is 10.8. The summed E-state index contributed by atoms with van der Waals surface area (Å²) >= 11 is 6.06. The molecular weight excluding hydrogens is 470 g/mol. The van der Waals surface area contributed by atoms with E-state index in [-0.39, 0.29) is 17.9 Å². The molecule has 1 aliphatic heterocycles. The van der Waals surface area contributed by atoms with E-state index in [0.717, 1.165) is 0 Å². The molecule has 1 fully saturated rings. The number of aliphatic hydroxyl groups excluding tert-OH is 1. The third kappa shape index (κ3) is 4.63. The van der Waals surface area contributed by atoms with E-state index in [1.807, 2.05) is 0 Å². The minimum atomic E-state index is -0.914. The Morgan fingerprint density at radius 3 is 2.11 bits per heavy atom. The van der Waals surface area contributed by atoms with Crippen molar-refractivity contribution in [1.82, 2.24) is 0 Å². The number of carbonyl (C=O) groups excluding carboxylic acids is 3. The van der Waals surface area contributed by atoms with Crippen LogP contribution in [0.15, 0.2) is 78.4 Å². The Morgan fingerprint density at radius 1 is 0.943 bits per heavy atom. The number of benzene rings is 3. The molecule has 0 bridgehead atoms. The second kappa shape index (κ2) is 10.0. The van der Waals surface area contributed by atoms with Crippen LogP contribution >= 0.6 is 11.6 Å². The van der Waals surface area contributed by atoms with E-state index < -0.39 is 23.7 Å². The fourth-order valence-corrected chi connectivity index (χ4v) is 4.06. The molecular formula is C27H22ClNO6. The molecule has 1 saturated heterocycles. The van der Waals surface area contributed by atoms with Crippen LogP contribution in [0.5, 0.6) is 5.75 Å². The first kappa shape index (κ1) is 24.0. The molecule has 0 aromatic heterocycles. The normalized spacial score (nSPS) is 16.9. The van der Waals surface area contributed by atoms with Crippen molar-refractivity contribution in [1.29, 1.82) is 0 Å². The number of ketones is 1. The zero-order chi connectivity index (χ0) is 25.1. The van der Waals surface area contributed by atoms with Gasteiger partial charge in [-0.25, -0.2) is 4.79 Å². The molecule has 1 N–H and O–H groups in total. The van der Waals surface area contributed by atoms with Gasteiger partial charge in [-0.2, -0.15) is 0 Å². The largest absolute Gasteiger partial charge is 0.507 e. The molecule has 0 radical (unpaired) electrons. The highest BCUT2D eigenvalue weighted by atomic mass is 35.5. The van der Waals surface area contributed by atoms with Gasteiger partial charge in [-0.1, -0.05) is 23.7 Å². The zero-order valence-corrected chi connectivity index (χ0v) is 19.8. The van der Waals surface area contributed by atoms with Crippen LogP contribution in [-0.4, -0.2) is 36.5 Å². The van der Waals surface area contributed by atoms with Crippen molar-refractivity contribution in [2.24, 2.45) is 0 Å². The third-order valence-corrected chi connectivity index (χ3v) is 5.90. The number of rotatable bonds is 6. The summed E-state index contributed by atoms with van der Waals surface area (Å²) in [5.41, 5.74) is 1.58. The van der Waals surface area contributed by atoms with Gasteiger partial charge >= 0.3 is 5.97 Å². The Bertz CT molecular complexity index is 1300. The summed E-state index contributed by atoms with van der Waals surface area (Å²) < 4.78 is 10.2. The number of ether oxygens (including phenoxy) is 2. The van der Waals surface area contributed by atoms with E-state index in [0.29, 0.717) is 33.1 Å². The number of esters is 1. The van der Waals surface area contributed by atoms with E-state index >= 15 is 0 Å². The van der Waals surface area contributed by atoms with Gasteiger partial charge in [-0.3, -0.25) is 14.5 Å². The van der Waals surface area contributed by atoms with E-state index in [1.54, 1.807) is 67.6 Å². The van der Waals surface area contributed by atoms with E-state index in [1.165, 1.54) is 24.1 Å². The average molecular weight is 492 g/mol. The highest BCUT2D eigenvalue weighted by molar-refractivity contribution is 6.51. The molecule has 8 heteroatoms. The molecule has 1 amide bonds. The average Bonchev–Trinajstić information content (AvgIpc) is 3.14. The Balaban J connectivity index is 1.84. The van der Waals surface area contributed by atoms with Crippen molar-refractivity contribution >= 4 is 40.7 Å². The van der Waals surface area contributed by atoms with Crippen LogP contribution in [-0.2, 0) is 14.3 Å². The van der Waals surface area contributed by atoms with Crippen LogP contribution in [0.4, 0.5) is 5.69 Å². The Morgan fingerprint density at radius 2 is 1.54 bits per heavy atom. The van der Waals surface area contributed by atoms with Gasteiger partial charge in [0, 0.05) is 16.3 Å². The second-order valence-corrected chi connectivity index (χ2v) is 8.15. The van der Waals surface area contributed by atoms with Crippen molar-refractivity contribution in [3.63, 3.8) is 0 Å². The van der Waals surface area contributed by atoms with Gasteiger partial charge in [0.1, 0.15) is 11.5 Å². The Kier molecular flexibility index (Phi) is 6.89. The summed E-state index contributed by atoms with van der Waals surface area (Å²) in [5.74, 6) is -1.85. The van der Waals surface area contributed by atoms with Crippen LogP contribution in [0.2, 0.25) is 5.02 Å². The van der Waals surface area contributed by atoms with Gasteiger partial charge < -0.3 is 14.6 Å². The van der Waals surface area contributed by atoms with Crippen LogP contribution in [0.3, 0.4) is 0 Å². The SMILES string of the molecule is CCOC(=O)c1ccc(N2C(=O)C(=O)/C(=C(/O)c3ccc(OC)cc3)[C@@H]2c2ccc(Cl)cc2)cc1. The zero-order valence-electron chi connectivity index (χ0n) is 19.0. The number of methoxy groups -OCH3 is 1. The second-order valence-electron chi connectivity index (χ2n) is 7.72. The van der Waals surface area contributed by atoms with Gasteiger partial charge in [-0.15, -0.1) is 0 Å². The lowest BCUT2D eigenvalue weighted by Gasteiger charge is -2.25. The molecule has 0 unspecified atom stereocenters. The summed E-state index contributed by atoms with van der Waals surface area (Å²) in [6, 6.07) is 18.5. The minimum absolute atomic E-state index is 0.0584. The maximum atomic E-state index is 13.2. The predicted molar refractivity (Wildman–Crippen MR) is 132 cm³/mol. The van der Waals surface area contributed by atoms with Crippen molar-refractivity contribution < 1.29 is 29.0 Å². The third-order valence-electron chi connectivity index (χ3n) is 5.65. The lowest BCUT2D eigenvalue weighted by molar-refractivity contribution is -0.132. The Hall–Kier alpha value is -4.10. The predicted octanol–water partition coefficient (Wildman–Crippen LogP) is 5.15. The number of hydrogen-bond acceptors (Lipinski definition) is 6. The monoisotopic (exact) mass is 491 g/mol. The molecule has 4 rings (SSSR count). The fourth-order valence-electron chi connectivity index (χ4n) is 3.94. The molecule has 3 aromatic rings. The molecule has 7 nitrogen and oxygen atoms in total. The summed E-state index contributed by atoms with van der Waals surface area (Å²) in [4.78, 5) is 39.8. The van der Waals surface area contributed by atoms with Gasteiger partial charge in [0.05, 0.1) is 30.9 Å². The molecule has 0 spiro atoms. The number of anilines is 1. The minimum Gasteiger partial charge on any atom is -0.507 e. The van der Waals surface area contributed by atoms with Crippen LogP contribution in [0.1, 0.15) is 34.5 Å². The van der Waals surface area contributed by atoms with Crippen LogP contribution in [0, 0.1) is 0 Å². The van der Waals surface area contributed by atoms with Crippen molar-refractivity contribution in [3.05, 3.63) is 100 Å². The standard InChI is InChI=1S/C27H22ClNO6/c1-3-35-27(33)18-6-12-20(13-7-18)29-23(16-4-10-19(28)11-5-16)22(25(31)26(29)32)24(30)17-8-14-21(34-2)15-9-17/h4-15,23,30H,3H2,1-2H3/b24-22+/t23-/m0/s1. The van der Waals surface area contributed by atoms with Crippen molar-refractivity contribution in [3.8, 4) is 5.75 Å². The van der Waals surface area contributed by atoms with Gasteiger partial charge in [0.15, 0.2) is 0 Å². The highest BCUT2D eigenvalue weighted by Gasteiger charge is 2.47. The number of amides is 1. The molecule has 1 atom stereocenters. The summed E-state index contributed by atoms with van der Waals surface area (Å²) in [6.45, 7) is 1.94. The highest BCUT2D eigenvalue weighted by Crippen LogP contribution is 2.42. The fraction of sp³-hybridized carbons (Fsp3) is 0.148. The number of aliphatic hydroxyl groups is 1. The first-order chi connectivity index (χ1) is 16.8. The summed E-state index contributed by atoms with van der Waals surface area (Å²) in [5, 5.41) is 11.6. The number of Topliss-reactive ketones (excluding diaryl/α,β-unsaturated/α-hetero) is 1. The molecule has 1 aliphatic rings. The molecule has 0 aliphatic carbocycles. The molecule has 178 valence electrons. The van der Waals surface area contributed by atoms with Crippen molar-refractivity contribution in [2.45, 2.75) is 13.0 Å². The number of carbonyl (C=O) groups is 3. The van der Waals surface area contributed by atoms with Crippen LogP contribution < -0.4 is 9.64 Å². The van der Waals surface area contributed by atoms with Crippen LogP contribution in [0.25, 0.3) is 5.76 Å². The van der Waals surface area contributed by atoms with Crippen molar-refractivity contribution in [2.75, 3.05) is 18.6 Å². The lowest BCUT2D eigenvalue weighted by Crippen LogP contribution is -2.29. The first-order valence-corrected chi connectivity index (χ1v) is 11.2. The molecule has 35 heavy (non-hydrogen) atoms. The van der Waals surface area contributed by atoms with E-state index in [2.05, 4.69) is 0 Å². The number of nitrogens with zero attached hydrogens (tertiary/aromatic N) is 1. The maximum Gasteiger partial charge on any atom is 0.338 e. The van der Waals surface area contributed by atoms with Gasteiger partial charge in [0.2, 0.25) is 0 Å². The maximum absolute atomic E-state index is 13.2. The van der Waals surface area contributed by atoms with E-state index in [9.17, 15) is 19.5 Å². The Labute approximate surface area is 207 Å². The summed E-state index contributed by atoms with van der Waals surface area (Å²) in [6.07, 6.45) is 0. The van der Waals surface area contributed by atoms with Gasteiger partial charge in [-0.05, 0) is 73.2 Å². The molecule has 0 saturated carbocycles. The number of hydrogen-bond donors (Lipinski definition) is 1. The molecule has 3 aromatic carbocycles. The number of halogens is 1. The summed E-state index contributed by atoms with van der Waals surface area (Å²) in [7, 11) is 1.52. The lowest BCUT2D eigenvalue weighted by atomic mass is 9.95. The van der Waals surface area contributed by atoms with E-state index in [4.69, 9.17) is 21.1 Å². The quantitative estimate of drug-likeness (QED) is 0.222. The molecule has 1 heterocycles. The topological polar surface area (TPSA) is 93.1 Å². The van der Waals surface area contributed by atoms with Gasteiger partial charge in [0.25, 0.3) is 11.7 Å². The smallest absolute Gasteiger partial charge is 0.338 e.